The summed E-state index contributed by atoms with van der Waals surface area (Å²) in [5.74, 6) is 0.201. The number of fused-ring (bicyclic) bond motifs is 1. The number of nitrogens with two attached hydrogens (primary N) is 2. The van der Waals surface area contributed by atoms with Crippen LogP contribution in [0, 0.1) is 0 Å². The number of imidazole rings is 1. The summed E-state index contributed by atoms with van der Waals surface area (Å²) in [6, 6.07) is 0. The van der Waals surface area contributed by atoms with Crippen molar-refractivity contribution in [2.45, 2.75) is 30.4 Å². The third-order valence-corrected chi connectivity index (χ3v) is 5.38. The Morgan fingerprint density at radius 3 is 2.72 bits per heavy atom. The number of phosphoric acid groups is 1. The number of rotatable bonds is 9. The first-order valence-electron chi connectivity index (χ1n) is 8.57. The molecule has 4 atom stereocenters. The molecule has 15 heteroatoms. The van der Waals surface area contributed by atoms with Gasteiger partial charge in [0.25, 0.3) is 0 Å². The predicted molar refractivity (Wildman–Crippen MR) is 97.1 cm³/mol. The monoisotopic (exact) mass is 434 g/mol. The maximum atomic E-state index is 12.0. The molecule has 0 spiro atoms. The maximum absolute atomic E-state index is 12.0. The standard InChI is InChI=1S/C14H23N6O8P/c15-12-11-13(18-6-17-12)20(7-19-11)10-1-8(23)9(28-10)2-26-29(24,25)27-5-14(16,3-21)4-22/h6-10,21-23H,1-5,16H2,(H,24,25)(H2,15,17,18)/t8?,9-,10-/m1/s1. The summed E-state index contributed by atoms with van der Waals surface area (Å²) in [7, 11) is -4.57. The zero-order chi connectivity index (χ0) is 21.2. The molecule has 3 heterocycles. The Morgan fingerprint density at radius 2 is 2.03 bits per heavy atom. The van der Waals surface area contributed by atoms with Gasteiger partial charge in [-0.25, -0.2) is 19.5 Å². The summed E-state index contributed by atoms with van der Waals surface area (Å²) in [4.78, 5) is 21.8. The number of anilines is 1. The highest BCUT2D eigenvalue weighted by Crippen LogP contribution is 2.45. The van der Waals surface area contributed by atoms with Crippen molar-refractivity contribution < 1.29 is 38.6 Å². The van der Waals surface area contributed by atoms with E-state index in [4.69, 9.17) is 35.5 Å². The van der Waals surface area contributed by atoms with E-state index in [2.05, 4.69) is 15.0 Å². The lowest BCUT2D eigenvalue weighted by atomic mass is 10.1. The van der Waals surface area contributed by atoms with E-state index in [1.54, 1.807) is 4.57 Å². The topological polar surface area (TPSA) is 221 Å². The lowest BCUT2D eigenvalue weighted by Crippen LogP contribution is -2.51. The van der Waals surface area contributed by atoms with E-state index in [0.29, 0.717) is 11.2 Å². The fourth-order valence-electron chi connectivity index (χ4n) is 2.67. The molecule has 29 heavy (non-hydrogen) atoms. The molecule has 0 saturated carbocycles. The van der Waals surface area contributed by atoms with E-state index in [-0.39, 0.29) is 12.2 Å². The normalized spacial score (nSPS) is 24.8. The molecule has 2 aromatic heterocycles. The van der Waals surface area contributed by atoms with Crippen LogP contribution in [-0.4, -0.2) is 83.9 Å². The quantitative estimate of drug-likeness (QED) is 0.232. The minimum atomic E-state index is -4.57. The summed E-state index contributed by atoms with van der Waals surface area (Å²) in [5, 5.41) is 28.4. The molecule has 1 fully saturated rings. The molecule has 1 aliphatic heterocycles. The van der Waals surface area contributed by atoms with Gasteiger partial charge in [0, 0.05) is 6.42 Å². The molecule has 0 amide bonds. The van der Waals surface area contributed by atoms with E-state index in [0.717, 1.165) is 0 Å². The third kappa shape index (κ3) is 4.88. The zero-order valence-electron chi connectivity index (χ0n) is 15.2. The molecule has 1 aliphatic rings. The highest BCUT2D eigenvalue weighted by molar-refractivity contribution is 7.47. The number of ether oxygens (including phenoxy) is 1. The smallest absolute Gasteiger partial charge is 0.394 e. The van der Waals surface area contributed by atoms with Crippen LogP contribution in [0.15, 0.2) is 12.7 Å². The minimum absolute atomic E-state index is 0.154. The first-order chi connectivity index (χ1) is 13.7. The van der Waals surface area contributed by atoms with Crippen LogP contribution < -0.4 is 11.5 Å². The number of hydrogen-bond donors (Lipinski definition) is 6. The lowest BCUT2D eigenvalue weighted by Gasteiger charge is -2.25. The van der Waals surface area contributed by atoms with E-state index < -0.39 is 58.2 Å². The zero-order valence-corrected chi connectivity index (χ0v) is 16.1. The number of aliphatic hydroxyl groups is 3. The Hall–Kier alpha value is -1.74. The van der Waals surface area contributed by atoms with Gasteiger partial charge in [-0.3, -0.25) is 13.6 Å². The molecule has 0 aliphatic carbocycles. The van der Waals surface area contributed by atoms with Crippen LogP contribution in [0.5, 0.6) is 0 Å². The second-order valence-electron chi connectivity index (χ2n) is 6.73. The molecule has 3 rings (SSSR count). The molecular formula is C14H23N6O8P. The lowest BCUT2D eigenvalue weighted by molar-refractivity contribution is -0.0452. The summed E-state index contributed by atoms with van der Waals surface area (Å²) in [6.07, 6.45) is 0.288. The molecule has 2 unspecified atom stereocenters. The van der Waals surface area contributed by atoms with Gasteiger partial charge in [0.15, 0.2) is 11.5 Å². The number of aliphatic hydroxyl groups excluding tert-OH is 3. The molecule has 14 nitrogen and oxygen atoms in total. The number of hydrogen-bond acceptors (Lipinski definition) is 12. The predicted octanol–water partition coefficient (Wildman–Crippen LogP) is -2.13. The molecule has 2 aromatic rings. The van der Waals surface area contributed by atoms with Crippen molar-refractivity contribution in [2.75, 3.05) is 32.2 Å². The Labute approximate surface area is 164 Å². The second kappa shape index (κ2) is 8.55. The Bertz CT molecular complexity index is 892. The van der Waals surface area contributed by atoms with Crippen LogP contribution in [0.25, 0.3) is 11.2 Å². The summed E-state index contributed by atoms with van der Waals surface area (Å²) in [6.45, 7) is -2.40. The molecule has 0 radical (unpaired) electrons. The van der Waals surface area contributed by atoms with Crippen molar-refractivity contribution in [2.24, 2.45) is 5.73 Å². The van der Waals surface area contributed by atoms with Gasteiger partial charge in [-0.2, -0.15) is 0 Å². The molecule has 1 saturated heterocycles. The van der Waals surface area contributed by atoms with E-state index in [9.17, 15) is 14.6 Å². The van der Waals surface area contributed by atoms with Crippen LogP contribution in [0.2, 0.25) is 0 Å². The molecule has 0 bridgehead atoms. The van der Waals surface area contributed by atoms with Crippen LogP contribution in [0.4, 0.5) is 5.82 Å². The molecule has 8 N–H and O–H groups in total. The molecular weight excluding hydrogens is 411 g/mol. The number of phosphoric ester groups is 1. The first-order valence-corrected chi connectivity index (χ1v) is 10.1. The van der Waals surface area contributed by atoms with Crippen LogP contribution in [0.3, 0.4) is 0 Å². The Kier molecular flexibility index (Phi) is 6.48. The summed E-state index contributed by atoms with van der Waals surface area (Å²) < 4.78 is 28.8. The van der Waals surface area contributed by atoms with E-state index in [1.807, 2.05) is 0 Å². The van der Waals surface area contributed by atoms with Crippen molar-refractivity contribution in [1.29, 1.82) is 0 Å². The van der Waals surface area contributed by atoms with Gasteiger partial charge in [0.1, 0.15) is 24.2 Å². The Balaban J connectivity index is 1.60. The van der Waals surface area contributed by atoms with Gasteiger partial charge in [-0.1, -0.05) is 0 Å². The van der Waals surface area contributed by atoms with Crippen LogP contribution in [-0.2, 0) is 18.3 Å². The fourth-order valence-corrected chi connectivity index (χ4v) is 3.50. The Morgan fingerprint density at radius 1 is 1.31 bits per heavy atom. The average molecular weight is 434 g/mol. The van der Waals surface area contributed by atoms with Crippen molar-refractivity contribution >= 4 is 24.8 Å². The van der Waals surface area contributed by atoms with Crippen molar-refractivity contribution in [3.05, 3.63) is 12.7 Å². The van der Waals surface area contributed by atoms with Crippen molar-refractivity contribution in [3.8, 4) is 0 Å². The molecule has 162 valence electrons. The van der Waals surface area contributed by atoms with E-state index >= 15 is 0 Å². The highest BCUT2D eigenvalue weighted by Gasteiger charge is 2.38. The largest absolute Gasteiger partial charge is 0.472 e. The van der Waals surface area contributed by atoms with Gasteiger partial charge in [0.05, 0.1) is 44.4 Å². The van der Waals surface area contributed by atoms with E-state index in [1.165, 1.54) is 12.7 Å². The van der Waals surface area contributed by atoms with Gasteiger partial charge in [-0.15, -0.1) is 0 Å². The van der Waals surface area contributed by atoms with Gasteiger partial charge >= 0.3 is 7.82 Å². The molecule has 0 aromatic carbocycles. The number of aromatic nitrogens is 4. The van der Waals surface area contributed by atoms with Crippen molar-refractivity contribution in [3.63, 3.8) is 0 Å². The number of nitrogen functional groups attached to an aromatic ring is 1. The maximum Gasteiger partial charge on any atom is 0.472 e. The van der Waals surface area contributed by atoms with Crippen molar-refractivity contribution in [1.82, 2.24) is 19.5 Å². The summed E-state index contributed by atoms with van der Waals surface area (Å²) in [5.41, 5.74) is 10.5. The first kappa shape index (κ1) is 22.0. The van der Waals surface area contributed by atoms with Gasteiger partial charge in [0.2, 0.25) is 0 Å². The highest BCUT2D eigenvalue weighted by atomic mass is 31.2. The average Bonchev–Trinajstić information content (AvgIpc) is 3.29. The SMILES string of the molecule is Nc1ncnc2c1ncn2[C@H]1CC(O)[C@@H](COP(=O)(O)OCC(N)(CO)CO)O1. The second-order valence-corrected chi connectivity index (χ2v) is 8.19. The van der Waals surface area contributed by atoms with Gasteiger partial charge < -0.3 is 36.4 Å². The third-order valence-electron chi connectivity index (χ3n) is 4.45. The number of nitrogens with zero attached hydrogens (tertiary/aromatic N) is 4. The minimum Gasteiger partial charge on any atom is -0.394 e. The summed E-state index contributed by atoms with van der Waals surface area (Å²) >= 11 is 0. The van der Waals surface area contributed by atoms with Gasteiger partial charge in [-0.05, 0) is 0 Å². The fraction of sp³-hybridized carbons (Fsp3) is 0.643. The van der Waals surface area contributed by atoms with Crippen LogP contribution >= 0.6 is 7.82 Å². The van der Waals surface area contributed by atoms with Crippen LogP contribution in [0.1, 0.15) is 12.6 Å².